The van der Waals surface area contributed by atoms with Gasteiger partial charge in [-0.2, -0.15) is 0 Å². The molecule has 1 aliphatic rings. The van der Waals surface area contributed by atoms with E-state index >= 15 is 0 Å². The summed E-state index contributed by atoms with van der Waals surface area (Å²) in [5, 5.41) is 14.2. The molecule has 0 fully saturated rings. The van der Waals surface area contributed by atoms with Crippen LogP contribution in [0.3, 0.4) is 0 Å². The zero-order valence-electron chi connectivity index (χ0n) is 15.2. The Hall–Kier alpha value is -2.41. The summed E-state index contributed by atoms with van der Waals surface area (Å²) < 4.78 is 7.07. The second kappa shape index (κ2) is 6.84. The van der Waals surface area contributed by atoms with Crippen LogP contribution in [0.4, 0.5) is 10.5 Å². The standard InChI is InChI=1S/C18H25N5O2/c1-18(2,3)25-17(24)21-13-6-7-15-12(9-13)5-8-16(15)19-10-14-11-20-22-23(14)4/h6-7,9,11,16,19H,5,8,10H2,1-4H3,(H,21,24). The number of aromatic nitrogens is 3. The number of anilines is 1. The van der Waals surface area contributed by atoms with E-state index in [0.29, 0.717) is 6.04 Å². The van der Waals surface area contributed by atoms with Gasteiger partial charge in [0.05, 0.1) is 11.9 Å². The van der Waals surface area contributed by atoms with Crippen molar-refractivity contribution < 1.29 is 9.53 Å². The SMILES string of the molecule is Cn1nncc1CNC1CCc2cc(NC(=O)OC(C)(C)C)ccc21. The highest BCUT2D eigenvalue weighted by molar-refractivity contribution is 5.85. The Morgan fingerprint density at radius 3 is 2.88 bits per heavy atom. The summed E-state index contributed by atoms with van der Waals surface area (Å²) in [4.78, 5) is 11.9. The summed E-state index contributed by atoms with van der Waals surface area (Å²) in [5.74, 6) is 0. The molecular formula is C18H25N5O2. The molecule has 2 aromatic rings. The molecule has 7 nitrogen and oxygen atoms in total. The van der Waals surface area contributed by atoms with E-state index in [4.69, 9.17) is 4.74 Å². The van der Waals surface area contributed by atoms with Gasteiger partial charge in [-0.1, -0.05) is 11.3 Å². The number of amides is 1. The van der Waals surface area contributed by atoms with Crippen molar-refractivity contribution >= 4 is 11.8 Å². The van der Waals surface area contributed by atoms with Gasteiger partial charge in [0, 0.05) is 25.3 Å². The Labute approximate surface area is 147 Å². The molecular weight excluding hydrogens is 318 g/mol. The van der Waals surface area contributed by atoms with Gasteiger partial charge in [-0.25, -0.2) is 4.79 Å². The van der Waals surface area contributed by atoms with E-state index in [1.807, 2.05) is 40.0 Å². The molecule has 0 bridgehead atoms. The Balaban J connectivity index is 1.62. The van der Waals surface area contributed by atoms with Crippen LogP contribution in [0.25, 0.3) is 0 Å². The zero-order valence-corrected chi connectivity index (χ0v) is 15.2. The first-order valence-electron chi connectivity index (χ1n) is 8.51. The average molecular weight is 343 g/mol. The van der Waals surface area contributed by atoms with Gasteiger partial charge in [-0.15, -0.1) is 5.10 Å². The minimum atomic E-state index is -0.503. The first-order chi connectivity index (χ1) is 11.8. The van der Waals surface area contributed by atoms with Crippen LogP contribution in [0, 0.1) is 0 Å². The molecule has 0 saturated heterocycles. The minimum absolute atomic E-state index is 0.306. The number of fused-ring (bicyclic) bond motifs is 1. The van der Waals surface area contributed by atoms with Crippen LogP contribution in [0.2, 0.25) is 0 Å². The Bertz CT molecular complexity index is 763. The van der Waals surface area contributed by atoms with E-state index in [-0.39, 0.29) is 0 Å². The number of carbonyl (C=O) groups excluding carboxylic acids is 1. The molecule has 1 atom stereocenters. The number of ether oxygens (including phenoxy) is 1. The third-order valence-corrected chi connectivity index (χ3v) is 4.20. The lowest BCUT2D eigenvalue weighted by Gasteiger charge is -2.20. The van der Waals surface area contributed by atoms with Crippen LogP contribution in [-0.2, 0) is 24.8 Å². The zero-order chi connectivity index (χ0) is 18.0. The van der Waals surface area contributed by atoms with Crippen LogP contribution in [0.15, 0.2) is 24.4 Å². The van der Waals surface area contributed by atoms with Crippen LogP contribution < -0.4 is 10.6 Å². The van der Waals surface area contributed by atoms with E-state index in [0.717, 1.165) is 30.8 Å². The number of hydrogen-bond donors (Lipinski definition) is 2. The largest absolute Gasteiger partial charge is 0.444 e. The van der Waals surface area contributed by atoms with Gasteiger partial charge in [-0.05, 0) is 56.9 Å². The second-order valence-corrected chi connectivity index (χ2v) is 7.36. The molecule has 7 heteroatoms. The molecule has 1 aromatic heterocycles. The first kappa shape index (κ1) is 17.4. The topological polar surface area (TPSA) is 81.1 Å². The number of carbonyl (C=O) groups is 1. The lowest BCUT2D eigenvalue weighted by molar-refractivity contribution is 0.0636. The van der Waals surface area contributed by atoms with Crippen LogP contribution in [-0.4, -0.2) is 26.7 Å². The van der Waals surface area contributed by atoms with Crippen molar-refractivity contribution in [3.63, 3.8) is 0 Å². The molecule has 1 heterocycles. The summed E-state index contributed by atoms with van der Waals surface area (Å²) in [7, 11) is 1.89. The molecule has 1 aromatic carbocycles. The maximum absolute atomic E-state index is 11.9. The van der Waals surface area contributed by atoms with Gasteiger partial charge in [0.15, 0.2) is 0 Å². The fourth-order valence-electron chi connectivity index (χ4n) is 3.03. The van der Waals surface area contributed by atoms with Crippen molar-refractivity contribution in [1.29, 1.82) is 0 Å². The number of aryl methyl sites for hydroxylation is 2. The second-order valence-electron chi connectivity index (χ2n) is 7.36. The lowest BCUT2D eigenvalue weighted by atomic mass is 10.1. The van der Waals surface area contributed by atoms with Gasteiger partial charge < -0.3 is 10.1 Å². The van der Waals surface area contributed by atoms with Gasteiger partial charge in [0.25, 0.3) is 0 Å². The highest BCUT2D eigenvalue weighted by Gasteiger charge is 2.23. The molecule has 25 heavy (non-hydrogen) atoms. The van der Waals surface area contributed by atoms with E-state index in [1.165, 1.54) is 11.1 Å². The van der Waals surface area contributed by atoms with Gasteiger partial charge in [0.2, 0.25) is 0 Å². The molecule has 2 N–H and O–H groups in total. The average Bonchev–Trinajstić information content (AvgIpc) is 3.09. The normalized spacial score (nSPS) is 16.6. The molecule has 0 saturated carbocycles. The van der Waals surface area contributed by atoms with Crippen molar-refractivity contribution in [1.82, 2.24) is 20.3 Å². The van der Waals surface area contributed by atoms with E-state index in [9.17, 15) is 4.79 Å². The quantitative estimate of drug-likeness (QED) is 0.892. The third kappa shape index (κ3) is 4.36. The van der Waals surface area contributed by atoms with Gasteiger partial charge in [-0.3, -0.25) is 10.00 Å². The van der Waals surface area contributed by atoms with Gasteiger partial charge >= 0.3 is 6.09 Å². The van der Waals surface area contributed by atoms with Gasteiger partial charge in [0.1, 0.15) is 5.60 Å². The predicted molar refractivity (Wildman–Crippen MR) is 95.2 cm³/mol. The summed E-state index contributed by atoms with van der Waals surface area (Å²) >= 11 is 0. The highest BCUT2D eigenvalue weighted by Crippen LogP contribution is 2.33. The molecule has 1 amide bonds. The summed E-state index contributed by atoms with van der Waals surface area (Å²) in [6, 6.07) is 6.34. The number of benzene rings is 1. The number of nitrogens with one attached hydrogen (secondary N) is 2. The summed E-state index contributed by atoms with van der Waals surface area (Å²) in [6.45, 7) is 6.28. The monoisotopic (exact) mass is 343 g/mol. The highest BCUT2D eigenvalue weighted by atomic mass is 16.6. The fraction of sp³-hybridized carbons (Fsp3) is 0.500. The van der Waals surface area contributed by atoms with E-state index in [1.54, 1.807) is 10.9 Å². The minimum Gasteiger partial charge on any atom is -0.444 e. The molecule has 3 rings (SSSR count). The van der Waals surface area contributed by atoms with Crippen molar-refractivity contribution in [3.8, 4) is 0 Å². The van der Waals surface area contributed by atoms with E-state index in [2.05, 4.69) is 27.0 Å². The molecule has 0 radical (unpaired) electrons. The van der Waals surface area contributed by atoms with Crippen molar-refractivity contribution in [3.05, 3.63) is 41.2 Å². The number of hydrogen-bond acceptors (Lipinski definition) is 5. The Morgan fingerprint density at radius 1 is 1.40 bits per heavy atom. The number of rotatable bonds is 4. The number of nitrogens with zero attached hydrogens (tertiary/aromatic N) is 3. The van der Waals surface area contributed by atoms with E-state index < -0.39 is 11.7 Å². The summed E-state index contributed by atoms with van der Waals surface area (Å²) in [5.41, 5.74) is 3.86. The predicted octanol–water partition coefficient (Wildman–Crippen LogP) is 2.94. The lowest BCUT2D eigenvalue weighted by Crippen LogP contribution is -2.27. The van der Waals surface area contributed by atoms with Crippen LogP contribution >= 0.6 is 0 Å². The Morgan fingerprint density at radius 2 is 2.20 bits per heavy atom. The molecule has 134 valence electrons. The van der Waals surface area contributed by atoms with Crippen LogP contribution in [0.5, 0.6) is 0 Å². The third-order valence-electron chi connectivity index (χ3n) is 4.20. The molecule has 0 spiro atoms. The van der Waals surface area contributed by atoms with Crippen molar-refractivity contribution in [2.24, 2.45) is 7.05 Å². The fourth-order valence-corrected chi connectivity index (χ4v) is 3.03. The molecule has 1 unspecified atom stereocenters. The van der Waals surface area contributed by atoms with Crippen molar-refractivity contribution in [2.75, 3.05) is 5.32 Å². The van der Waals surface area contributed by atoms with Crippen LogP contribution in [0.1, 0.15) is 50.1 Å². The first-order valence-corrected chi connectivity index (χ1v) is 8.51. The van der Waals surface area contributed by atoms with Crippen molar-refractivity contribution in [2.45, 2.75) is 51.8 Å². The maximum Gasteiger partial charge on any atom is 0.412 e. The molecule has 1 aliphatic carbocycles. The molecule has 0 aliphatic heterocycles. The smallest absolute Gasteiger partial charge is 0.412 e. The summed E-state index contributed by atoms with van der Waals surface area (Å²) in [6.07, 6.45) is 3.37. The Kier molecular flexibility index (Phi) is 4.76. The maximum atomic E-state index is 11.9.